The molecule has 6 nitrogen and oxygen atoms in total. The van der Waals surface area contributed by atoms with Gasteiger partial charge in [-0.3, -0.25) is 14.5 Å². The Morgan fingerprint density at radius 2 is 1.88 bits per heavy atom. The number of urea groups is 1. The van der Waals surface area contributed by atoms with E-state index in [1.54, 1.807) is 11.9 Å². The van der Waals surface area contributed by atoms with E-state index in [0.717, 1.165) is 22.9 Å². The van der Waals surface area contributed by atoms with Crippen LogP contribution in [-0.2, 0) is 16.1 Å². The highest BCUT2D eigenvalue weighted by Gasteiger charge is 2.52. The quantitative estimate of drug-likeness (QED) is 0.762. The first-order valence-corrected chi connectivity index (χ1v) is 9.33. The van der Waals surface area contributed by atoms with Crippen LogP contribution in [0.5, 0.6) is 0 Å². The van der Waals surface area contributed by atoms with Gasteiger partial charge in [0, 0.05) is 31.0 Å². The van der Waals surface area contributed by atoms with Crippen molar-refractivity contribution in [2.24, 2.45) is 0 Å². The predicted octanol–water partition coefficient (Wildman–Crippen LogP) is 2.66. The Kier molecular flexibility index (Phi) is 5.13. The number of carbonyl (C=O) groups excluding carboxylic acids is 3. The molecule has 0 atom stereocenters. The van der Waals surface area contributed by atoms with Gasteiger partial charge in [0.25, 0.3) is 5.91 Å². The fourth-order valence-corrected chi connectivity index (χ4v) is 3.81. The van der Waals surface area contributed by atoms with Gasteiger partial charge in [-0.25, -0.2) is 4.79 Å². The second kappa shape index (κ2) is 7.15. The van der Waals surface area contributed by atoms with Crippen LogP contribution in [0.4, 0.5) is 4.79 Å². The summed E-state index contributed by atoms with van der Waals surface area (Å²) >= 11 is 3.38. The van der Waals surface area contributed by atoms with Crippen molar-refractivity contribution in [1.82, 2.24) is 15.1 Å². The first-order chi connectivity index (χ1) is 11.9. The van der Waals surface area contributed by atoms with E-state index in [0.29, 0.717) is 19.4 Å². The van der Waals surface area contributed by atoms with Gasteiger partial charge in [-0.1, -0.05) is 40.9 Å². The van der Waals surface area contributed by atoms with Crippen LogP contribution in [0.2, 0.25) is 0 Å². The molecule has 1 N–H and O–H groups in total. The Hall–Kier alpha value is -1.89. The highest BCUT2D eigenvalue weighted by molar-refractivity contribution is 9.10. The lowest BCUT2D eigenvalue weighted by Gasteiger charge is -2.21. The van der Waals surface area contributed by atoms with Crippen molar-refractivity contribution in [3.8, 4) is 0 Å². The normalized spacial score (nSPS) is 18.7. The number of amides is 4. The molecule has 0 bridgehead atoms. The summed E-state index contributed by atoms with van der Waals surface area (Å²) in [6, 6.07) is 7.41. The van der Waals surface area contributed by atoms with Crippen molar-refractivity contribution >= 4 is 33.8 Å². The molecular weight excluding hydrogens is 386 g/mol. The number of halogens is 1. The lowest BCUT2D eigenvalue weighted by atomic mass is 9.98. The van der Waals surface area contributed by atoms with E-state index in [1.165, 1.54) is 4.90 Å². The second-order valence-corrected chi connectivity index (χ2v) is 7.72. The van der Waals surface area contributed by atoms with E-state index in [2.05, 4.69) is 21.2 Å². The number of imide groups is 1. The van der Waals surface area contributed by atoms with Crippen LogP contribution in [0.3, 0.4) is 0 Å². The van der Waals surface area contributed by atoms with Crippen LogP contribution in [0.25, 0.3) is 0 Å². The van der Waals surface area contributed by atoms with Crippen molar-refractivity contribution in [1.29, 1.82) is 0 Å². The standard InChI is InChI=1S/C18H22BrN3O3/c1-21(12-13-4-6-14(19)7-5-13)15(23)8-11-22-16(24)18(20-17(22)25)9-2-3-10-18/h4-7H,2-3,8-12H2,1H3,(H,20,25). The maximum absolute atomic E-state index is 12.6. The van der Waals surface area contributed by atoms with E-state index in [4.69, 9.17) is 0 Å². The maximum atomic E-state index is 12.6. The van der Waals surface area contributed by atoms with Gasteiger partial charge in [-0.15, -0.1) is 0 Å². The van der Waals surface area contributed by atoms with Gasteiger partial charge < -0.3 is 10.2 Å². The van der Waals surface area contributed by atoms with Crippen molar-refractivity contribution in [2.75, 3.05) is 13.6 Å². The fourth-order valence-electron chi connectivity index (χ4n) is 3.55. The zero-order chi connectivity index (χ0) is 18.0. The van der Waals surface area contributed by atoms with Gasteiger partial charge in [0.15, 0.2) is 0 Å². The third-order valence-electron chi connectivity index (χ3n) is 5.01. The highest BCUT2D eigenvalue weighted by Crippen LogP contribution is 2.35. The summed E-state index contributed by atoms with van der Waals surface area (Å²) in [5.41, 5.74) is 0.322. The molecule has 1 aromatic carbocycles. The molecule has 25 heavy (non-hydrogen) atoms. The van der Waals surface area contributed by atoms with E-state index >= 15 is 0 Å². The van der Waals surface area contributed by atoms with E-state index < -0.39 is 5.54 Å². The van der Waals surface area contributed by atoms with Crippen molar-refractivity contribution in [3.63, 3.8) is 0 Å². The number of carbonyl (C=O) groups is 3. The SMILES string of the molecule is CN(Cc1ccc(Br)cc1)C(=O)CCN1C(=O)NC2(CCCC2)C1=O. The summed E-state index contributed by atoms with van der Waals surface area (Å²) in [6.07, 6.45) is 3.45. The summed E-state index contributed by atoms with van der Waals surface area (Å²) in [5, 5.41) is 2.84. The Morgan fingerprint density at radius 3 is 2.52 bits per heavy atom. The molecule has 0 unspecified atom stereocenters. The molecule has 1 heterocycles. The molecule has 3 rings (SSSR count). The van der Waals surface area contributed by atoms with Gasteiger partial charge in [-0.05, 0) is 30.5 Å². The van der Waals surface area contributed by atoms with Gasteiger partial charge in [0.1, 0.15) is 5.54 Å². The van der Waals surface area contributed by atoms with Crippen LogP contribution in [0.15, 0.2) is 28.7 Å². The third kappa shape index (κ3) is 3.71. The lowest BCUT2D eigenvalue weighted by molar-refractivity contribution is -0.133. The van der Waals surface area contributed by atoms with Crippen LogP contribution in [-0.4, -0.2) is 46.8 Å². The molecule has 0 radical (unpaired) electrons. The molecule has 1 saturated carbocycles. The highest BCUT2D eigenvalue weighted by atomic mass is 79.9. The Bertz CT molecular complexity index is 683. The predicted molar refractivity (Wildman–Crippen MR) is 96.7 cm³/mol. The van der Waals surface area contributed by atoms with Crippen LogP contribution in [0, 0.1) is 0 Å². The van der Waals surface area contributed by atoms with Gasteiger partial charge >= 0.3 is 6.03 Å². The molecule has 0 aromatic heterocycles. The molecule has 1 aliphatic heterocycles. The van der Waals surface area contributed by atoms with E-state index in [9.17, 15) is 14.4 Å². The average molecular weight is 408 g/mol. The lowest BCUT2D eigenvalue weighted by Crippen LogP contribution is -2.44. The minimum Gasteiger partial charge on any atom is -0.341 e. The topological polar surface area (TPSA) is 69.7 Å². The number of nitrogens with zero attached hydrogens (tertiary/aromatic N) is 2. The molecule has 134 valence electrons. The van der Waals surface area contributed by atoms with Crippen molar-refractivity contribution in [2.45, 2.75) is 44.2 Å². The van der Waals surface area contributed by atoms with Crippen molar-refractivity contribution in [3.05, 3.63) is 34.3 Å². The van der Waals surface area contributed by atoms with Crippen LogP contribution >= 0.6 is 15.9 Å². The zero-order valence-electron chi connectivity index (χ0n) is 14.3. The number of nitrogens with one attached hydrogen (secondary N) is 1. The summed E-state index contributed by atoms with van der Waals surface area (Å²) in [5.74, 6) is -0.255. The summed E-state index contributed by atoms with van der Waals surface area (Å²) < 4.78 is 0.990. The molecule has 2 aliphatic rings. The first kappa shape index (κ1) is 17.9. The summed E-state index contributed by atoms with van der Waals surface area (Å²) in [4.78, 5) is 39.8. The average Bonchev–Trinajstić information content (AvgIpc) is 3.14. The molecule has 4 amide bonds. The number of hydrogen-bond acceptors (Lipinski definition) is 3. The molecule has 1 saturated heterocycles. The van der Waals surface area contributed by atoms with Gasteiger partial charge in [0.05, 0.1) is 0 Å². The molecular formula is C18H22BrN3O3. The molecule has 7 heteroatoms. The number of hydrogen-bond donors (Lipinski definition) is 1. The Labute approximate surface area is 155 Å². The molecule has 2 fully saturated rings. The first-order valence-electron chi connectivity index (χ1n) is 8.54. The molecule has 1 aliphatic carbocycles. The van der Waals surface area contributed by atoms with E-state index in [1.807, 2.05) is 24.3 Å². The molecule has 1 spiro atoms. The minimum absolute atomic E-state index is 0.0871. The van der Waals surface area contributed by atoms with Crippen LogP contribution < -0.4 is 5.32 Å². The van der Waals surface area contributed by atoms with Crippen molar-refractivity contribution < 1.29 is 14.4 Å². The number of rotatable bonds is 5. The smallest absolute Gasteiger partial charge is 0.325 e. The summed E-state index contributed by atoms with van der Waals surface area (Å²) in [7, 11) is 1.73. The number of benzene rings is 1. The van der Waals surface area contributed by atoms with Gasteiger partial charge in [-0.2, -0.15) is 0 Å². The monoisotopic (exact) mass is 407 g/mol. The van der Waals surface area contributed by atoms with Crippen LogP contribution in [0.1, 0.15) is 37.7 Å². The Balaban J connectivity index is 1.54. The zero-order valence-corrected chi connectivity index (χ0v) is 15.8. The van der Waals surface area contributed by atoms with E-state index in [-0.39, 0.29) is 30.8 Å². The third-order valence-corrected chi connectivity index (χ3v) is 5.54. The maximum Gasteiger partial charge on any atom is 0.325 e. The largest absolute Gasteiger partial charge is 0.341 e. The Morgan fingerprint density at radius 1 is 1.24 bits per heavy atom. The molecule has 1 aromatic rings. The summed E-state index contributed by atoms with van der Waals surface area (Å²) in [6.45, 7) is 0.631. The minimum atomic E-state index is -0.705. The van der Waals surface area contributed by atoms with Gasteiger partial charge in [0.2, 0.25) is 5.91 Å². The second-order valence-electron chi connectivity index (χ2n) is 6.80. The fraction of sp³-hybridized carbons (Fsp3) is 0.500.